The molecule has 0 fully saturated rings. The second kappa shape index (κ2) is 11.6. The van der Waals surface area contributed by atoms with E-state index in [0.717, 1.165) is 0 Å². The monoisotopic (exact) mass is 484 g/mol. The number of alkyl halides is 3. The number of carbonyl (C=O) groups is 2. The Kier molecular flexibility index (Phi) is 9.13. The molecule has 0 bridgehead atoms. The van der Waals surface area contributed by atoms with Gasteiger partial charge in [-0.05, 0) is 55.3 Å². The van der Waals surface area contributed by atoms with Gasteiger partial charge in [0, 0.05) is 12.1 Å². The Balaban J connectivity index is 2.30. The lowest BCUT2D eigenvalue weighted by atomic mass is 10.1. The summed E-state index contributed by atoms with van der Waals surface area (Å²) in [7, 11) is 4.30. The number of ether oxygens (including phenoxy) is 4. The van der Waals surface area contributed by atoms with Crippen LogP contribution in [0.25, 0.3) is 0 Å². The minimum Gasteiger partial charge on any atom is -0.497 e. The maximum Gasteiger partial charge on any atom is 0.436 e. The van der Waals surface area contributed by atoms with Crippen molar-refractivity contribution in [2.45, 2.75) is 25.2 Å². The second-order valence-corrected chi connectivity index (χ2v) is 7.02. The van der Waals surface area contributed by atoms with E-state index in [-0.39, 0.29) is 25.1 Å². The summed E-state index contributed by atoms with van der Waals surface area (Å²) in [5, 5.41) is 3.97. The highest BCUT2D eigenvalue weighted by molar-refractivity contribution is 5.98. The largest absolute Gasteiger partial charge is 0.497 e. The molecule has 2 aromatic carbocycles. The molecule has 1 amide bonds. The predicted octanol–water partition coefficient (Wildman–Crippen LogP) is 3.10. The number of esters is 1. The topological polar surface area (TPSA) is 95.1 Å². The van der Waals surface area contributed by atoms with E-state index in [1.165, 1.54) is 52.5 Å². The van der Waals surface area contributed by atoms with Crippen molar-refractivity contribution < 1.29 is 41.7 Å². The first-order chi connectivity index (χ1) is 16.1. The average molecular weight is 484 g/mol. The van der Waals surface area contributed by atoms with Gasteiger partial charge in [0.15, 0.2) is 11.5 Å². The molecule has 0 aliphatic heterocycles. The number of amides is 1. The van der Waals surface area contributed by atoms with E-state index < -0.39 is 23.7 Å². The molecule has 2 rings (SSSR count). The standard InChI is InChI=1S/C23H27F3N2O6/c1-5-34-21(30)22(23(24,25)26,28-20(29)16-7-9-17(31-2)10-8-16)27-13-12-15-6-11-18(32-3)19(14-15)33-4/h6-11,14,27H,5,12-13H2,1-4H3,(H,28,29)/t22-/m0/s1. The van der Waals surface area contributed by atoms with Gasteiger partial charge in [-0.2, -0.15) is 13.2 Å². The third-order valence-corrected chi connectivity index (χ3v) is 4.91. The first kappa shape index (κ1) is 26.8. The summed E-state index contributed by atoms with van der Waals surface area (Å²) >= 11 is 0. The summed E-state index contributed by atoms with van der Waals surface area (Å²) in [6, 6.07) is 10.3. The Bertz CT molecular complexity index is 982. The number of carbonyl (C=O) groups excluding carboxylic acids is 2. The predicted molar refractivity (Wildman–Crippen MR) is 117 cm³/mol. The Morgan fingerprint density at radius 1 is 0.912 bits per heavy atom. The smallest absolute Gasteiger partial charge is 0.436 e. The Morgan fingerprint density at radius 2 is 1.56 bits per heavy atom. The van der Waals surface area contributed by atoms with E-state index in [1.807, 2.05) is 0 Å². The normalized spacial score (nSPS) is 12.9. The molecule has 0 heterocycles. The zero-order valence-corrected chi connectivity index (χ0v) is 19.2. The van der Waals surface area contributed by atoms with Crippen LogP contribution in [0.15, 0.2) is 42.5 Å². The molecule has 34 heavy (non-hydrogen) atoms. The van der Waals surface area contributed by atoms with Gasteiger partial charge in [0.05, 0.1) is 27.9 Å². The quantitative estimate of drug-likeness (QED) is 0.374. The number of methoxy groups -OCH3 is 3. The van der Waals surface area contributed by atoms with E-state index in [4.69, 9.17) is 14.2 Å². The van der Waals surface area contributed by atoms with Crippen LogP contribution >= 0.6 is 0 Å². The molecule has 0 radical (unpaired) electrons. The average Bonchev–Trinajstić information content (AvgIpc) is 2.82. The molecule has 0 spiro atoms. The third kappa shape index (κ3) is 6.10. The molecule has 0 saturated heterocycles. The molecule has 1 atom stereocenters. The van der Waals surface area contributed by atoms with Crippen molar-refractivity contribution in [1.82, 2.24) is 10.6 Å². The summed E-state index contributed by atoms with van der Waals surface area (Å²) in [6.45, 7) is 0.733. The lowest BCUT2D eigenvalue weighted by Gasteiger charge is -2.35. The molecule has 0 saturated carbocycles. The van der Waals surface area contributed by atoms with E-state index in [9.17, 15) is 22.8 Å². The molecule has 11 heteroatoms. The van der Waals surface area contributed by atoms with Gasteiger partial charge in [0.25, 0.3) is 11.6 Å². The highest BCUT2D eigenvalue weighted by Gasteiger charge is 2.63. The van der Waals surface area contributed by atoms with Gasteiger partial charge in [-0.1, -0.05) is 6.07 Å². The van der Waals surface area contributed by atoms with Crippen molar-refractivity contribution in [3.63, 3.8) is 0 Å². The maximum absolute atomic E-state index is 14.3. The highest BCUT2D eigenvalue weighted by Crippen LogP contribution is 2.31. The summed E-state index contributed by atoms with van der Waals surface area (Å²) in [5.74, 6) is -1.51. The number of hydrogen-bond donors (Lipinski definition) is 2. The Morgan fingerprint density at radius 3 is 2.09 bits per heavy atom. The number of halogens is 3. The molecule has 186 valence electrons. The van der Waals surface area contributed by atoms with Crippen LogP contribution in [0, 0.1) is 0 Å². The fourth-order valence-corrected chi connectivity index (χ4v) is 3.11. The fourth-order valence-electron chi connectivity index (χ4n) is 3.11. The number of rotatable bonds is 11. The Labute approximate surface area is 195 Å². The molecular weight excluding hydrogens is 457 g/mol. The summed E-state index contributed by atoms with van der Waals surface area (Å²) in [5.41, 5.74) is -2.94. The van der Waals surface area contributed by atoms with Gasteiger partial charge in [-0.3, -0.25) is 10.1 Å². The number of hydrogen-bond acceptors (Lipinski definition) is 7. The SMILES string of the molecule is CCOC(=O)[C@](NCCc1ccc(OC)c(OC)c1)(NC(=O)c1ccc(OC)cc1)C(F)(F)F. The zero-order valence-electron chi connectivity index (χ0n) is 19.2. The molecule has 0 aliphatic rings. The van der Waals surface area contributed by atoms with Crippen LogP contribution in [0.4, 0.5) is 13.2 Å². The maximum atomic E-state index is 14.3. The van der Waals surface area contributed by atoms with E-state index in [0.29, 0.717) is 22.8 Å². The van der Waals surface area contributed by atoms with Crippen LogP contribution in [0.1, 0.15) is 22.8 Å². The van der Waals surface area contributed by atoms with Gasteiger partial charge < -0.3 is 24.3 Å². The van der Waals surface area contributed by atoms with Crippen LogP contribution in [0.2, 0.25) is 0 Å². The van der Waals surface area contributed by atoms with Gasteiger partial charge in [-0.15, -0.1) is 0 Å². The van der Waals surface area contributed by atoms with Crippen molar-refractivity contribution in [2.24, 2.45) is 0 Å². The van der Waals surface area contributed by atoms with Crippen molar-refractivity contribution in [3.05, 3.63) is 53.6 Å². The van der Waals surface area contributed by atoms with Crippen LogP contribution in [0.5, 0.6) is 17.2 Å². The van der Waals surface area contributed by atoms with Crippen molar-refractivity contribution in [2.75, 3.05) is 34.5 Å². The fraction of sp³-hybridized carbons (Fsp3) is 0.391. The third-order valence-electron chi connectivity index (χ3n) is 4.91. The first-order valence-electron chi connectivity index (χ1n) is 10.3. The van der Waals surface area contributed by atoms with Crippen LogP contribution in [-0.2, 0) is 16.0 Å². The van der Waals surface area contributed by atoms with E-state index in [1.54, 1.807) is 23.5 Å². The van der Waals surface area contributed by atoms with Crippen molar-refractivity contribution in [3.8, 4) is 17.2 Å². The summed E-state index contributed by atoms with van der Waals surface area (Å²) in [6.07, 6.45) is -5.13. The van der Waals surface area contributed by atoms with Crippen LogP contribution in [0.3, 0.4) is 0 Å². The summed E-state index contributed by atoms with van der Waals surface area (Å²) in [4.78, 5) is 25.2. The lowest BCUT2D eigenvalue weighted by molar-refractivity contribution is -0.218. The molecule has 0 aromatic heterocycles. The molecular formula is C23H27F3N2O6. The zero-order chi connectivity index (χ0) is 25.4. The van der Waals surface area contributed by atoms with Gasteiger partial charge in [-0.25, -0.2) is 4.79 Å². The minimum atomic E-state index is -5.21. The minimum absolute atomic E-state index is 0.0794. The number of benzene rings is 2. The van der Waals surface area contributed by atoms with Crippen LogP contribution in [-0.4, -0.2) is 58.2 Å². The Hall–Kier alpha value is -3.47. The lowest BCUT2D eigenvalue weighted by Crippen LogP contribution is -2.73. The first-order valence-corrected chi connectivity index (χ1v) is 10.3. The number of nitrogens with one attached hydrogen (secondary N) is 2. The molecule has 0 unspecified atom stereocenters. The van der Waals surface area contributed by atoms with Crippen LogP contribution < -0.4 is 24.8 Å². The summed E-state index contributed by atoms with van der Waals surface area (Å²) < 4.78 is 62.8. The molecule has 2 N–H and O–H groups in total. The molecule has 2 aromatic rings. The molecule has 8 nitrogen and oxygen atoms in total. The van der Waals surface area contributed by atoms with Gasteiger partial charge in [0.2, 0.25) is 0 Å². The second-order valence-electron chi connectivity index (χ2n) is 7.02. The van der Waals surface area contributed by atoms with Crippen molar-refractivity contribution >= 4 is 11.9 Å². The van der Waals surface area contributed by atoms with E-state index >= 15 is 0 Å². The van der Waals surface area contributed by atoms with E-state index in [2.05, 4.69) is 10.1 Å². The molecule has 0 aliphatic carbocycles. The van der Waals surface area contributed by atoms with Gasteiger partial charge >= 0.3 is 12.1 Å². The van der Waals surface area contributed by atoms with Crippen molar-refractivity contribution in [1.29, 1.82) is 0 Å². The highest BCUT2D eigenvalue weighted by atomic mass is 19.4. The van der Waals surface area contributed by atoms with Gasteiger partial charge in [0.1, 0.15) is 5.75 Å².